The van der Waals surface area contributed by atoms with Gasteiger partial charge >= 0.3 is 0 Å². The number of halogens is 2. The van der Waals surface area contributed by atoms with Crippen molar-refractivity contribution < 1.29 is 19.0 Å². The Hall–Kier alpha value is -2.99. The number of carbonyl (C=O) groups is 1. The molecule has 0 saturated carbocycles. The van der Waals surface area contributed by atoms with Crippen molar-refractivity contribution >= 4 is 35.1 Å². The first-order chi connectivity index (χ1) is 16.9. The molecule has 0 bridgehead atoms. The summed E-state index contributed by atoms with van der Waals surface area (Å²) in [5, 5.41) is 1.28. The lowest BCUT2D eigenvalue weighted by atomic mass is 9.98. The van der Waals surface area contributed by atoms with Crippen LogP contribution < -0.4 is 14.2 Å². The summed E-state index contributed by atoms with van der Waals surface area (Å²) in [5.41, 5.74) is 4.14. The summed E-state index contributed by atoms with van der Waals surface area (Å²) in [5.74, 6) is 2.21. The fourth-order valence-corrected chi connectivity index (χ4v) is 4.95. The Labute approximate surface area is 214 Å². The lowest BCUT2D eigenvalue weighted by molar-refractivity contribution is 0.0949. The second-order valence-corrected chi connectivity index (χ2v) is 9.44. The van der Waals surface area contributed by atoms with Crippen molar-refractivity contribution in [2.75, 3.05) is 19.9 Å². The van der Waals surface area contributed by atoms with Gasteiger partial charge in [-0.2, -0.15) is 0 Å². The number of fused-ring (bicyclic) bond motifs is 3. The van der Waals surface area contributed by atoms with Gasteiger partial charge in [0.1, 0.15) is 24.0 Å². The summed E-state index contributed by atoms with van der Waals surface area (Å²) in [7, 11) is 0. The molecule has 0 saturated heterocycles. The van der Waals surface area contributed by atoms with Gasteiger partial charge in [-0.3, -0.25) is 9.69 Å². The quantitative estimate of drug-likeness (QED) is 0.345. The molecule has 2 aliphatic rings. The second-order valence-electron chi connectivity index (χ2n) is 8.60. The van der Waals surface area contributed by atoms with Crippen LogP contribution in [0.2, 0.25) is 10.0 Å². The number of para-hydroxylation sites is 1. The van der Waals surface area contributed by atoms with Crippen molar-refractivity contribution in [2.45, 2.75) is 26.8 Å². The highest BCUT2D eigenvalue weighted by Crippen LogP contribution is 2.44. The Kier molecular flexibility index (Phi) is 6.74. The minimum Gasteiger partial charge on any atom is -0.493 e. The third-order valence-corrected chi connectivity index (χ3v) is 6.79. The number of carbonyl (C=O) groups excluding carboxylic acids is 1. The number of Topliss-reactive ketones (excluding diaryl/α,β-unsaturated/α-hetero) is 1. The highest BCUT2D eigenvalue weighted by atomic mass is 35.5. The van der Waals surface area contributed by atoms with Gasteiger partial charge in [0.25, 0.3) is 0 Å². The molecular formula is C28H25Cl2NO4. The lowest BCUT2D eigenvalue weighted by Gasteiger charge is -2.30. The Morgan fingerprint density at radius 1 is 1.14 bits per heavy atom. The van der Waals surface area contributed by atoms with Gasteiger partial charge in [-0.15, -0.1) is 0 Å². The molecule has 0 fully saturated rings. The van der Waals surface area contributed by atoms with Crippen molar-refractivity contribution in [1.29, 1.82) is 0 Å². The smallest absolute Gasteiger partial charge is 0.232 e. The third kappa shape index (κ3) is 4.76. The Morgan fingerprint density at radius 3 is 2.77 bits per heavy atom. The number of aryl methyl sites for hydroxylation is 1. The molecule has 3 aromatic rings. The first kappa shape index (κ1) is 23.7. The van der Waals surface area contributed by atoms with E-state index in [2.05, 4.69) is 4.90 Å². The van der Waals surface area contributed by atoms with Crippen LogP contribution in [0.25, 0.3) is 6.08 Å². The minimum absolute atomic E-state index is 0.128. The number of allylic oxidation sites excluding steroid dienone is 1. The summed E-state index contributed by atoms with van der Waals surface area (Å²) in [6.45, 7) is 6.18. The molecule has 0 spiro atoms. The van der Waals surface area contributed by atoms with Crippen molar-refractivity contribution in [3.8, 4) is 17.2 Å². The molecule has 5 rings (SSSR count). The molecule has 7 heteroatoms. The van der Waals surface area contributed by atoms with E-state index in [9.17, 15) is 4.79 Å². The van der Waals surface area contributed by atoms with E-state index in [4.69, 9.17) is 37.4 Å². The molecule has 0 unspecified atom stereocenters. The van der Waals surface area contributed by atoms with Gasteiger partial charge in [-0.25, -0.2) is 0 Å². The zero-order valence-electron chi connectivity index (χ0n) is 19.6. The maximum atomic E-state index is 13.3. The van der Waals surface area contributed by atoms with Gasteiger partial charge < -0.3 is 14.2 Å². The summed E-state index contributed by atoms with van der Waals surface area (Å²) in [4.78, 5) is 15.5. The van der Waals surface area contributed by atoms with Crippen LogP contribution in [-0.4, -0.2) is 30.6 Å². The monoisotopic (exact) mass is 509 g/mol. The van der Waals surface area contributed by atoms with Gasteiger partial charge in [0.15, 0.2) is 5.76 Å². The number of ketones is 1. The predicted octanol–water partition coefficient (Wildman–Crippen LogP) is 6.71. The molecule has 0 aliphatic carbocycles. The molecule has 3 aromatic carbocycles. The first-order valence-electron chi connectivity index (χ1n) is 11.6. The van der Waals surface area contributed by atoms with E-state index < -0.39 is 0 Å². The number of hydrogen-bond donors (Lipinski definition) is 0. The van der Waals surface area contributed by atoms with Gasteiger partial charge in [0.05, 0.1) is 17.7 Å². The maximum absolute atomic E-state index is 13.3. The standard InChI is InChI=1S/C28H25Cl2NO4/c1-3-33-23-7-5-4-6-19(23)13-25-27(32)26-17(2)12-24-21(28(26)35-25)15-31(16-34-24)11-10-18-8-9-20(29)14-22(18)30/h4-9,12-14H,3,10-11,15-16H2,1-2H3/b25-13+. The van der Waals surface area contributed by atoms with Crippen LogP contribution in [0.3, 0.4) is 0 Å². The fourth-order valence-electron chi connectivity index (χ4n) is 4.45. The Balaban J connectivity index is 1.40. The summed E-state index contributed by atoms with van der Waals surface area (Å²) in [6.07, 6.45) is 2.51. The van der Waals surface area contributed by atoms with E-state index in [0.29, 0.717) is 47.0 Å². The number of nitrogens with zero attached hydrogens (tertiary/aromatic N) is 1. The highest BCUT2D eigenvalue weighted by molar-refractivity contribution is 6.35. The summed E-state index contributed by atoms with van der Waals surface area (Å²) in [6, 6.07) is 15.1. The minimum atomic E-state index is -0.128. The van der Waals surface area contributed by atoms with Gasteiger partial charge in [-0.05, 0) is 61.7 Å². The maximum Gasteiger partial charge on any atom is 0.232 e. The number of rotatable bonds is 6. The molecule has 0 radical (unpaired) electrons. The molecule has 35 heavy (non-hydrogen) atoms. The number of benzene rings is 3. The fraction of sp³-hybridized carbons (Fsp3) is 0.250. The van der Waals surface area contributed by atoms with Crippen LogP contribution in [0.15, 0.2) is 54.3 Å². The summed E-state index contributed by atoms with van der Waals surface area (Å²) >= 11 is 12.4. The topological polar surface area (TPSA) is 48.0 Å². The largest absolute Gasteiger partial charge is 0.493 e. The Bertz CT molecular complexity index is 1330. The van der Waals surface area contributed by atoms with E-state index in [-0.39, 0.29) is 11.5 Å². The third-order valence-electron chi connectivity index (χ3n) is 6.21. The molecule has 180 valence electrons. The van der Waals surface area contributed by atoms with Crippen molar-refractivity contribution in [2.24, 2.45) is 0 Å². The van der Waals surface area contributed by atoms with E-state index in [1.165, 1.54) is 0 Å². The van der Waals surface area contributed by atoms with Crippen LogP contribution in [0.4, 0.5) is 0 Å². The molecule has 2 aliphatic heterocycles. The van der Waals surface area contributed by atoms with Crippen molar-refractivity contribution in [3.63, 3.8) is 0 Å². The van der Waals surface area contributed by atoms with Crippen molar-refractivity contribution in [3.05, 3.63) is 92.2 Å². The SMILES string of the molecule is CCOc1ccccc1/C=C1/Oc2c3c(cc(C)c2C1=O)OCN(CCc1ccc(Cl)cc1Cl)C3. The molecule has 5 nitrogen and oxygen atoms in total. The average Bonchev–Trinajstić information content (AvgIpc) is 3.17. The van der Waals surface area contributed by atoms with Gasteiger partial charge in [-0.1, -0.05) is 47.5 Å². The van der Waals surface area contributed by atoms with Crippen LogP contribution in [-0.2, 0) is 13.0 Å². The lowest BCUT2D eigenvalue weighted by Crippen LogP contribution is -2.34. The summed E-state index contributed by atoms with van der Waals surface area (Å²) < 4.78 is 18.0. The normalized spacial score (nSPS) is 16.0. The Morgan fingerprint density at radius 2 is 1.97 bits per heavy atom. The van der Waals surface area contributed by atoms with Gasteiger partial charge in [0.2, 0.25) is 5.78 Å². The predicted molar refractivity (Wildman–Crippen MR) is 138 cm³/mol. The average molecular weight is 510 g/mol. The highest BCUT2D eigenvalue weighted by Gasteiger charge is 2.35. The number of hydrogen-bond acceptors (Lipinski definition) is 5. The molecular weight excluding hydrogens is 485 g/mol. The first-order valence-corrected chi connectivity index (χ1v) is 12.3. The van der Waals surface area contributed by atoms with Gasteiger partial charge in [0, 0.05) is 28.7 Å². The number of ether oxygens (including phenoxy) is 3. The second kappa shape index (κ2) is 9.94. The molecule has 0 atom stereocenters. The van der Waals surface area contributed by atoms with Crippen LogP contribution in [0.5, 0.6) is 17.2 Å². The zero-order chi connectivity index (χ0) is 24.5. The van der Waals surface area contributed by atoms with Crippen LogP contribution in [0.1, 0.15) is 39.5 Å². The molecule has 0 amide bonds. The zero-order valence-corrected chi connectivity index (χ0v) is 21.1. The molecule has 0 N–H and O–H groups in total. The molecule has 2 heterocycles. The van der Waals surface area contributed by atoms with E-state index >= 15 is 0 Å². The van der Waals surface area contributed by atoms with Crippen LogP contribution >= 0.6 is 23.2 Å². The van der Waals surface area contributed by atoms with Crippen molar-refractivity contribution in [1.82, 2.24) is 4.90 Å². The van der Waals surface area contributed by atoms with Crippen LogP contribution in [0, 0.1) is 6.92 Å². The van der Waals surface area contributed by atoms with E-state index in [0.717, 1.165) is 41.0 Å². The molecule has 0 aromatic heterocycles. The van der Waals surface area contributed by atoms with E-state index in [1.54, 1.807) is 12.1 Å². The van der Waals surface area contributed by atoms with E-state index in [1.807, 2.05) is 56.3 Å².